The summed E-state index contributed by atoms with van der Waals surface area (Å²) in [7, 11) is -3.64. The Morgan fingerprint density at radius 1 is 1.03 bits per heavy atom. The van der Waals surface area contributed by atoms with Gasteiger partial charge in [0.15, 0.2) is 0 Å². The van der Waals surface area contributed by atoms with Gasteiger partial charge < -0.3 is 14.9 Å². The van der Waals surface area contributed by atoms with Gasteiger partial charge in [0.05, 0.1) is 15.9 Å². The van der Waals surface area contributed by atoms with Crippen molar-refractivity contribution in [3.63, 3.8) is 0 Å². The SMILES string of the molecule is Cc1nc(-c2ccc(S(=O)(=O)c3ccc(CCNCC(O)c4cccc(Cl)c4)cc3)cc2)no1. The third kappa shape index (κ3) is 5.71. The molecule has 0 fully saturated rings. The Balaban J connectivity index is 1.33. The van der Waals surface area contributed by atoms with Crippen LogP contribution in [0.15, 0.2) is 87.1 Å². The lowest BCUT2D eigenvalue weighted by atomic mass is 10.1. The van der Waals surface area contributed by atoms with Crippen LogP contribution in [0.3, 0.4) is 0 Å². The highest BCUT2D eigenvalue weighted by atomic mass is 35.5. The van der Waals surface area contributed by atoms with Crippen LogP contribution in [0, 0.1) is 6.92 Å². The zero-order chi connectivity index (χ0) is 24.1. The lowest BCUT2D eigenvalue weighted by Crippen LogP contribution is -2.23. The molecule has 9 heteroatoms. The molecule has 0 radical (unpaired) electrons. The van der Waals surface area contributed by atoms with Crippen molar-refractivity contribution in [1.29, 1.82) is 0 Å². The zero-order valence-electron chi connectivity index (χ0n) is 18.5. The van der Waals surface area contributed by atoms with Crippen molar-refractivity contribution in [3.8, 4) is 11.4 Å². The van der Waals surface area contributed by atoms with Crippen molar-refractivity contribution in [2.24, 2.45) is 0 Å². The van der Waals surface area contributed by atoms with E-state index in [1.165, 1.54) is 0 Å². The Morgan fingerprint density at radius 3 is 2.32 bits per heavy atom. The fraction of sp³-hybridized carbons (Fsp3) is 0.200. The molecule has 0 bridgehead atoms. The van der Waals surface area contributed by atoms with Crippen LogP contribution in [0.2, 0.25) is 5.02 Å². The molecule has 176 valence electrons. The lowest BCUT2D eigenvalue weighted by Gasteiger charge is -2.12. The molecule has 0 spiro atoms. The number of aryl methyl sites for hydroxylation is 1. The number of hydrogen-bond donors (Lipinski definition) is 2. The topological polar surface area (TPSA) is 105 Å². The first-order valence-electron chi connectivity index (χ1n) is 10.7. The van der Waals surface area contributed by atoms with Crippen LogP contribution in [-0.4, -0.2) is 36.8 Å². The molecular weight excluding hydrogens is 474 g/mol. The fourth-order valence-corrected chi connectivity index (χ4v) is 4.93. The minimum Gasteiger partial charge on any atom is -0.387 e. The van der Waals surface area contributed by atoms with E-state index in [1.807, 2.05) is 6.07 Å². The average Bonchev–Trinajstić information content (AvgIpc) is 3.28. The molecule has 1 unspecified atom stereocenters. The molecule has 34 heavy (non-hydrogen) atoms. The van der Waals surface area contributed by atoms with Crippen LogP contribution >= 0.6 is 11.6 Å². The molecule has 2 N–H and O–H groups in total. The fourth-order valence-electron chi connectivity index (χ4n) is 3.47. The number of aliphatic hydroxyl groups excluding tert-OH is 1. The van der Waals surface area contributed by atoms with Gasteiger partial charge in [0.1, 0.15) is 0 Å². The number of aromatic nitrogens is 2. The van der Waals surface area contributed by atoms with Crippen molar-refractivity contribution >= 4 is 21.4 Å². The number of nitrogens with one attached hydrogen (secondary N) is 1. The largest absolute Gasteiger partial charge is 0.387 e. The number of aliphatic hydroxyl groups is 1. The highest BCUT2D eigenvalue weighted by Crippen LogP contribution is 2.24. The summed E-state index contributed by atoms with van der Waals surface area (Å²) in [4.78, 5) is 4.57. The monoisotopic (exact) mass is 497 g/mol. The molecule has 4 rings (SSSR count). The van der Waals surface area contributed by atoms with Gasteiger partial charge in [-0.1, -0.05) is 41.0 Å². The van der Waals surface area contributed by atoms with Crippen LogP contribution < -0.4 is 5.32 Å². The van der Waals surface area contributed by atoms with Gasteiger partial charge in [-0.2, -0.15) is 4.98 Å². The summed E-state index contributed by atoms with van der Waals surface area (Å²) in [5, 5.41) is 17.9. The molecule has 0 aliphatic heterocycles. The molecule has 0 aliphatic rings. The summed E-state index contributed by atoms with van der Waals surface area (Å²) in [6.45, 7) is 2.73. The van der Waals surface area contributed by atoms with Gasteiger partial charge in [-0.15, -0.1) is 0 Å². The standard InChI is InChI=1S/C25H24ClN3O4S/c1-17-28-25(29-33-17)19-7-11-23(12-8-19)34(31,32)22-9-5-18(6-10-22)13-14-27-16-24(30)20-3-2-4-21(26)15-20/h2-12,15,24,27,30H,13-14,16H2,1H3. The van der Waals surface area contributed by atoms with Crippen molar-refractivity contribution in [3.05, 3.63) is 94.8 Å². The van der Waals surface area contributed by atoms with E-state index >= 15 is 0 Å². The van der Waals surface area contributed by atoms with Crippen LogP contribution in [0.4, 0.5) is 0 Å². The Bertz CT molecular complexity index is 1350. The molecular formula is C25H24ClN3O4S. The maximum absolute atomic E-state index is 13.0. The number of rotatable bonds is 9. The number of sulfone groups is 1. The minimum absolute atomic E-state index is 0.195. The highest BCUT2D eigenvalue weighted by Gasteiger charge is 2.18. The second-order valence-corrected chi connectivity index (χ2v) is 10.2. The first-order chi connectivity index (χ1) is 16.3. The number of hydrogen-bond acceptors (Lipinski definition) is 7. The van der Waals surface area contributed by atoms with Gasteiger partial charge in [-0.25, -0.2) is 8.42 Å². The second kappa shape index (κ2) is 10.5. The van der Waals surface area contributed by atoms with Crippen LogP contribution in [0.1, 0.15) is 23.1 Å². The minimum atomic E-state index is -3.64. The Kier molecular flexibility index (Phi) is 7.43. The van der Waals surface area contributed by atoms with E-state index in [-0.39, 0.29) is 9.79 Å². The highest BCUT2D eigenvalue weighted by molar-refractivity contribution is 7.91. The van der Waals surface area contributed by atoms with Crippen molar-refractivity contribution in [2.75, 3.05) is 13.1 Å². The molecule has 4 aromatic rings. The van der Waals surface area contributed by atoms with Crippen LogP contribution in [0.5, 0.6) is 0 Å². The van der Waals surface area contributed by atoms with E-state index in [0.29, 0.717) is 41.8 Å². The normalized spacial score (nSPS) is 12.6. The van der Waals surface area contributed by atoms with Gasteiger partial charge in [0, 0.05) is 24.1 Å². The maximum atomic E-state index is 13.0. The predicted molar refractivity (Wildman–Crippen MR) is 129 cm³/mol. The van der Waals surface area contributed by atoms with Crippen molar-refractivity contribution < 1.29 is 18.0 Å². The lowest BCUT2D eigenvalue weighted by molar-refractivity contribution is 0.175. The number of halogens is 1. The molecule has 1 aromatic heterocycles. The van der Waals surface area contributed by atoms with E-state index in [2.05, 4.69) is 15.5 Å². The molecule has 0 amide bonds. The van der Waals surface area contributed by atoms with Crippen molar-refractivity contribution in [1.82, 2.24) is 15.5 Å². The summed E-state index contributed by atoms with van der Waals surface area (Å²) in [6.07, 6.45) is 0.0446. The third-order valence-corrected chi connectivity index (χ3v) is 7.37. The van der Waals surface area contributed by atoms with Crippen molar-refractivity contribution in [2.45, 2.75) is 29.2 Å². The van der Waals surface area contributed by atoms with Gasteiger partial charge in [0.25, 0.3) is 0 Å². The molecule has 1 atom stereocenters. The van der Waals surface area contributed by atoms with Crippen LogP contribution in [-0.2, 0) is 16.3 Å². The smallest absolute Gasteiger partial charge is 0.223 e. The van der Waals surface area contributed by atoms with E-state index in [9.17, 15) is 13.5 Å². The Morgan fingerprint density at radius 2 is 1.71 bits per heavy atom. The number of nitrogens with zero attached hydrogens (tertiary/aromatic N) is 2. The Hall–Kier alpha value is -3.04. The van der Waals surface area contributed by atoms with Gasteiger partial charge in [-0.3, -0.25) is 0 Å². The van der Waals surface area contributed by atoms with E-state index in [0.717, 1.165) is 11.1 Å². The quantitative estimate of drug-likeness (QED) is 0.330. The molecule has 7 nitrogen and oxygen atoms in total. The first kappa shape index (κ1) is 24.1. The summed E-state index contributed by atoms with van der Waals surface area (Å²) in [6, 6.07) is 20.4. The summed E-state index contributed by atoms with van der Waals surface area (Å²) >= 11 is 5.96. The third-order valence-electron chi connectivity index (χ3n) is 5.35. The van der Waals surface area contributed by atoms with Gasteiger partial charge >= 0.3 is 0 Å². The van der Waals surface area contributed by atoms with Gasteiger partial charge in [0.2, 0.25) is 21.6 Å². The number of benzene rings is 3. The molecule has 0 aliphatic carbocycles. The molecule has 1 heterocycles. The average molecular weight is 498 g/mol. The predicted octanol–water partition coefficient (Wildman–Crippen LogP) is 4.40. The zero-order valence-corrected chi connectivity index (χ0v) is 20.1. The molecule has 0 saturated heterocycles. The van der Waals surface area contributed by atoms with Gasteiger partial charge in [-0.05, 0) is 72.6 Å². The summed E-state index contributed by atoms with van der Waals surface area (Å²) < 4.78 is 31.0. The summed E-state index contributed by atoms with van der Waals surface area (Å²) in [5.41, 5.74) is 2.43. The molecule has 0 saturated carbocycles. The van der Waals surface area contributed by atoms with Crippen LogP contribution in [0.25, 0.3) is 11.4 Å². The maximum Gasteiger partial charge on any atom is 0.223 e. The molecule has 3 aromatic carbocycles. The van der Waals surface area contributed by atoms with E-state index in [1.54, 1.807) is 73.7 Å². The van der Waals surface area contributed by atoms with E-state index < -0.39 is 15.9 Å². The Labute approximate surface area is 203 Å². The first-order valence-corrected chi connectivity index (χ1v) is 12.6. The van der Waals surface area contributed by atoms with E-state index in [4.69, 9.17) is 16.1 Å². The summed E-state index contributed by atoms with van der Waals surface area (Å²) in [5.74, 6) is 0.860. The second-order valence-electron chi connectivity index (χ2n) is 7.83.